The van der Waals surface area contributed by atoms with Gasteiger partial charge in [0.1, 0.15) is 5.82 Å². The topological polar surface area (TPSA) is 52.6 Å². The van der Waals surface area contributed by atoms with Crippen LogP contribution in [0.2, 0.25) is 0 Å². The number of likely N-dealkylation sites (tertiary alicyclic amines) is 1. The summed E-state index contributed by atoms with van der Waals surface area (Å²) in [5, 5.41) is 0. The van der Waals surface area contributed by atoms with Crippen LogP contribution < -0.4 is 4.90 Å². The Morgan fingerprint density at radius 1 is 1.19 bits per heavy atom. The molecule has 0 atom stereocenters. The van der Waals surface area contributed by atoms with Gasteiger partial charge in [-0.2, -0.15) is 0 Å². The summed E-state index contributed by atoms with van der Waals surface area (Å²) >= 11 is 0. The first-order valence-electron chi connectivity index (χ1n) is 10.3. The molecule has 0 N–H and O–H groups in total. The predicted molar refractivity (Wildman–Crippen MR) is 109 cm³/mol. The zero-order chi connectivity index (χ0) is 19.6. The Bertz CT molecular complexity index is 630. The lowest BCUT2D eigenvalue weighted by atomic mass is 9.60. The molecular weight excluding hydrogens is 338 g/mol. The zero-order valence-corrected chi connectivity index (χ0v) is 17.6. The number of carbonyl (C=O) groups excluding carboxylic acids is 1. The first kappa shape index (κ1) is 20.1. The lowest BCUT2D eigenvalue weighted by Gasteiger charge is -2.60. The van der Waals surface area contributed by atoms with Gasteiger partial charge in [0.05, 0.1) is 18.1 Å². The third-order valence-corrected chi connectivity index (χ3v) is 6.33. The molecule has 3 rings (SSSR count). The average molecular weight is 374 g/mol. The number of rotatable bonds is 8. The highest BCUT2D eigenvalue weighted by atomic mass is 16.2. The molecule has 1 aliphatic carbocycles. The number of hydrogen-bond donors (Lipinski definition) is 0. The lowest BCUT2D eigenvalue weighted by Crippen LogP contribution is -2.66. The molecule has 150 valence electrons. The number of carbonyl (C=O) groups is 1. The summed E-state index contributed by atoms with van der Waals surface area (Å²) in [4.78, 5) is 27.0. The van der Waals surface area contributed by atoms with Crippen molar-refractivity contribution < 1.29 is 4.79 Å². The molecule has 1 spiro atoms. The van der Waals surface area contributed by atoms with Gasteiger partial charge in [-0.3, -0.25) is 4.79 Å². The van der Waals surface area contributed by atoms with E-state index in [2.05, 4.69) is 47.7 Å². The fourth-order valence-electron chi connectivity index (χ4n) is 4.34. The van der Waals surface area contributed by atoms with Gasteiger partial charge in [0.2, 0.25) is 5.91 Å². The van der Waals surface area contributed by atoms with Crippen molar-refractivity contribution in [2.45, 2.75) is 58.4 Å². The summed E-state index contributed by atoms with van der Waals surface area (Å²) in [6.45, 7) is 10.0. The summed E-state index contributed by atoms with van der Waals surface area (Å²) in [5.41, 5.74) is 1.54. The van der Waals surface area contributed by atoms with Crippen molar-refractivity contribution in [2.75, 3.05) is 45.2 Å². The SMILES string of the molecule is CC(=O)N1CC2(CC(N(C)CCCCN(C)c3cnc(C(C)C)nc3)C2)C1. The molecule has 0 bridgehead atoms. The van der Waals surface area contributed by atoms with E-state index in [1.807, 2.05) is 17.3 Å². The fourth-order valence-corrected chi connectivity index (χ4v) is 4.34. The summed E-state index contributed by atoms with van der Waals surface area (Å²) < 4.78 is 0. The van der Waals surface area contributed by atoms with Gasteiger partial charge in [-0.15, -0.1) is 0 Å². The van der Waals surface area contributed by atoms with Crippen LogP contribution in [0.25, 0.3) is 0 Å². The van der Waals surface area contributed by atoms with E-state index in [1.54, 1.807) is 6.92 Å². The number of amides is 1. The molecule has 1 saturated carbocycles. The van der Waals surface area contributed by atoms with Crippen LogP contribution >= 0.6 is 0 Å². The van der Waals surface area contributed by atoms with Gasteiger partial charge in [-0.1, -0.05) is 13.8 Å². The summed E-state index contributed by atoms with van der Waals surface area (Å²) in [5.74, 6) is 1.51. The monoisotopic (exact) mass is 373 g/mol. The van der Waals surface area contributed by atoms with Crippen LogP contribution in [-0.2, 0) is 4.79 Å². The van der Waals surface area contributed by atoms with E-state index < -0.39 is 0 Å². The summed E-state index contributed by atoms with van der Waals surface area (Å²) in [6.07, 6.45) is 8.76. The normalized spacial score (nSPS) is 18.7. The quantitative estimate of drug-likeness (QED) is 0.656. The van der Waals surface area contributed by atoms with Gasteiger partial charge in [-0.25, -0.2) is 9.97 Å². The van der Waals surface area contributed by atoms with Gasteiger partial charge in [0.25, 0.3) is 0 Å². The Kier molecular flexibility index (Phi) is 6.04. The Balaban J connectivity index is 1.31. The third-order valence-electron chi connectivity index (χ3n) is 6.33. The average Bonchev–Trinajstić information content (AvgIpc) is 2.55. The molecule has 0 aromatic carbocycles. The van der Waals surface area contributed by atoms with Gasteiger partial charge in [0, 0.05) is 51.0 Å². The minimum Gasteiger partial charge on any atom is -0.372 e. The van der Waals surface area contributed by atoms with E-state index >= 15 is 0 Å². The zero-order valence-electron chi connectivity index (χ0n) is 17.6. The first-order valence-corrected chi connectivity index (χ1v) is 10.3. The second-order valence-electron chi connectivity index (χ2n) is 9.00. The second kappa shape index (κ2) is 8.13. The number of aromatic nitrogens is 2. The molecular formula is C21H35N5O. The van der Waals surface area contributed by atoms with Gasteiger partial charge in [-0.05, 0) is 39.3 Å². The van der Waals surface area contributed by atoms with E-state index in [9.17, 15) is 4.79 Å². The van der Waals surface area contributed by atoms with E-state index in [4.69, 9.17) is 0 Å². The fraction of sp³-hybridized carbons (Fsp3) is 0.762. The van der Waals surface area contributed by atoms with Gasteiger partial charge >= 0.3 is 0 Å². The maximum absolute atomic E-state index is 11.4. The Morgan fingerprint density at radius 2 is 1.78 bits per heavy atom. The Morgan fingerprint density at radius 3 is 2.33 bits per heavy atom. The molecule has 1 aromatic heterocycles. The largest absolute Gasteiger partial charge is 0.372 e. The first-order chi connectivity index (χ1) is 12.8. The molecule has 6 heteroatoms. The number of anilines is 1. The molecule has 27 heavy (non-hydrogen) atoms. The Labute approximate surface area is 164 Å². The molecule has 1 amide bonds. The maximum atomic E-state index is 11.4. The minimum atomic E-state index is 0.228. The molecule has 0 unspecified atom stereocenters. The van der Waals surface area contributed by atoms with Crippen LogP contribution in [0.1, 0.15) is 58.2 Å². The predicted octanol–water partition coefficient (Wildman–Crippen LogP) is 2.76. The third kappa shape index (κ3) is 4.60. The van der Waals surface area contributed by atoms with Crippen LogP contribution in [0.4, 0.5) is 5.69 Å². The van der Waals surface area contributed by atoms with Crippen LogP contribution in [-0.4, -0.2) is 72.0 Å². The standard InChI is InChI=1S/C21H35N5O/c1-16(2)20-22-12-19(13-23-20)25(5)9-7-6-8-24(4)18-10-21(11-18)14-26(15-21)17(3)27/h12-13,16,18H,6-11,14-15H2,1-5H3. The summed E-state index contributed by atoms with van der Waals surface area (Å²) in [7, 11) is 4.37. The summed E-state index contributed by atoms with van der Waals surface area (Å²) in [6, 6.07) is 0.703. The number of unbranched alkanes of at least 4 members (excludes halogenated alkanes) is 1. The molecule has 2 fully saturated rings. The van der Waals surface area contributed by atoms with Crippen LogP contribution in [0.3, 0.4) is 0 Å². The second-order valence-corrected chi connectivity index (χ2v) is 9.00. The van der Waals surface area contributed by atoms with Crippen molar-refractivity contribution in [1.82, 2.24) is 19.8 Å². The smallest absolute Gasteiger partial charge is 0.219 e. The molecule has 2 heterocycles. The van der Waals surface area contributed by atoms with E-state index in [-0.39, 0.29) is 5.91 Å². The van der Waals surface area contributed by atoms with Crippen LogP contribution in [0, 0.1) is 5.41 Å². The molecule has 1 aromatic rings. The van der Waals surface area contributed by atoms with Gasteiger partial charge in [0.15, 0.2) is 0 Å². The molecule has 1 aliphatic heterocycles. The van der Waals surface area contributed by atoms with Gasteiger partial charge < -0.3 is 14.7 Å². The molecule has 0 radical (unpaired) electrons. The van der Waals surface area contributed by atoms with Crippen molar-refractivity contribution in [3.05, 3.63) is 18.2 Å². The van der Waals surface area contributed by atoms with E-state index in [0.717, 1.165) is 37.7 Å². The number of hydrogen-bond acceptors (Lipinski definition) is 5. The molecule has 6 nitrogen and oxygen atoms in total. The van der Waals surface area contributed by atoms with E-state index in [1.165, 1.54) is 25.7 Å². The lowest BCUT2D eigenvalue weighted by molar-refractivity contribution is -0.154. The van der Waals surface area contributed by atoms with Crippen LogP contribution in [0.15, 0.2) is 12.4 Å². The highest BCUT2D eigenvalue weighted by Crippen LogP contribution is 2.49. The van der Waals surface area contributed by atoms with Crippen molar-refractivity contribution in [3.63, 3.8) is 0 Å². The van der Waals surface area contributed by atoms with Crippen molar-refractivity contribution in [2.24, 2.45) is 5.41 Å². The molecule has 1 saturated heterocycles. The van der Waals surface area contributed by atoms with Crippen molar-refractivity contribution in [3.8, 4) is 0 Å². The van der Waals surface area contributed by atoms with Crippen molar-refractivity contribution in [1.29, 1.82) is 0 Å². The minimum absolute atomic E-state index is 0.228. The highest BCUT2D eigenvalue weighted by Gasteiger charge is 2.53. The highest BCUT2D eigenvalue weighted by molar-refractivity contribution is 5.74. The van der Waals surface area contributed by atoms with Crippen molar-refractivity contribution >= 4 is 11.6 Å². The van der Waals surface area contributed by atoms with E-state index in [0.29, 0.717) is 17.4 Å². The molecule has 2 aliphatic rings. The van der Waals surface area contributed by atoms with Crippen LogP contribution in [0.5, 0.6) is 0 Å². The maximum Gasteiger partial charge on any atom is 0.219 e. The Hall–Kier alpha value is -1.69. The number of nitrogens with zero attached hydrogens (tertiary/aromatic N) is 5.